The Kier molecular flexibility index (Phi) is 5.34. The Labute approximate surface area is 160 Å². The first-order chi connectivity index (χ1) is 12.4. The maximum atomic E-state index is 12.0. The molecule has 2 aromatic rings. The molecule has 0 spiro atoms. The Morgan fingerprint density at radius 3 is 2.63 bits per heavy atom. The lowest BCUT2D eigenvalue weighted by Gasteiger charge is -2.28. The SMILES string of the molecule is C[Si](C)(C)OC[C@H]1O[C@@H](n2cnc3c(=O)[nH]c(N)nc32)C[C@H]1O[Si](C)(C)C. The van der Waals surface area contributed by atoms with Crippen molar-refractivity contribution in [3.05, 3.63) is 16.7 Å². The summed E-state index contributed by atoms with van der Waals surface area (Å²) in [5.74, 6) is 0.0563. The van der Waals surface area contributed by atoms with Gasteiger partial charge in [0.2, 0.25) is 5.95 Å². The van der Waals surface area contributed by atoms with E-state index in [1.165, 1.54) is 0 Å². The maximum Gasteiger partial charge on any atom is 0.280 e. The molecule has 0 saturated carbocycles. The van der Waals surface area contributed by atoms with Crippen molar-refractivity contribution in [3.8, 4) is 0 Å². The molecule has 0 amide bonds. The van der Waals surface area contributed by atoms with E-state index in [2.05, 4.69) is 54.2 Å². The molecule has 0 aliphatic carbocycles. The number of anilines is 1. The third-order valence-corrected chi connectivity index (χ3v) is 6.17. The molecule has 1 saturated heterocycles. The van der Waals surface area contributed by atoms with E-state index in [1.807, 2.05) is 0 Å². The summed E-state index contributed by atoms with van der Waals surface area (Å²) in [5.41, 5.74) is 6.01. The average Bonchev–Trinajstić information content (AvgIpc) is 3.06. The molecule has 9 nitrogen and oxygen atoms in total. The number of nitrogens with one attached hydrogen (secondary N) is 1. The number of rotatable bonds is 6. The van der Waals surface area contributed by atoms with Gasteiger partial charge in [0.15, 0.2) is 27.8 Å². The quantitative estimate of drug-likeness (QED) is 0.699. The standard InChI is InChI=1S/C16H29N5O4Si2/c1-26(2,3)23-8-11-10(25-27(4,5)6)7-12(24-11)21-9-18-13-14(21)19-16(17)20-15(13)22/h9-12H,7-8H2,1-6H3,(H3,17,19,20,22)/t10-,11-,12-/m1/s1. The number of nitrogens with two attached hydrogens (primary N) is 1. The number of fused-ring (bicyclic) bond motifs is 1. The van der Waals surface area contributed by atoms with Gasteiger partial charge in [-0.05, 0) is 39.3 Å². The van der Waals surface area contributed by atoms with E-state index < -0.39 is 16.6 Å². The number of H-pyrrole nitrogens is 1. The first kappa shape index (κ1) is 20.2. The van der Waals surface area contributed by atoms with Crippen LogP contribution in [0, 0.1) is 0 Å². The highest BCUT2D eigenvalue weighted by atomic mass is 28.4. The van der Waals surface area contributed by atoms with Crippen molar-refractivity contribution < 1.29 is 13.6 Å². The Morgan fingerprint density at radius 2 is 2.00 bits per heavy atom. The number of nitrogens with zero attached hydrogens (tertiary/aromatic N) is 3. The molecule has 0 unspecified atom stereocenters. The highest BCUT2D eigenvalue weighted by Gasteiger charge is 2.40. The van der Waals surface area contributed by atoms with Gasteiger partial charge in [-0.25, -0.2) is 4.98 Å². The molecule has 2 aromatic heterocycles. The summed E-state index contributed by atoms with van der Waals surface area (Å²) in [6.07, 6.45) is 1.63. The molecule has 150 valence electrons. The highest BCUT2D eigenvalue weighted by molar-refractivity contribution is 6.70. The first-order valence-electron chi connectivity index (χ1n) is 9.12. The van der Waals surface area contributed by atoms with Crippen LogP contribution < -0.4 is 11.3 Å². The van der Waals surface area contributed by atoms with Gasteiger partial charge in [0.25, 0.3) is 5.56 Å². The van der Waals surface area contributed by atoms with Crippen LogP contribution in [0.3, 0.4) is 0 Å². The van der Waals surface area contributed by atoms with Crippen LogP contribution in [-0.2, 0) is 13.6 Å². The number of hydrogen-bond donors (Lipinski definition) is 2. The summed E-state index contributed by atoms with van der Waals surface area (Å²) in [6.45, 7) is 13.4. The lowest BCUT2D eigenvalue weighted by atomic mass is 10.2. The number of aromatic nitrogens is 4. The van der Waals surface area contributed by atoms with Crippen LogP contribution in [0.15, 0.2) is 11.1 Å². The molecule has 3 rings (SSSR count). The van der Waals surface area contributed by atoms with E-state index in [-0.39, 0.29) is 35.5 Å². The zero-order valence-corrected chi connectivity index (χ0v) is 18.8. The fourth-order valence-electron chi connectivity index (χ4n) is 3.09. The summed E-state index contributed by atoms with van der Waals surface area (Å²) in [6, 6.07) is 0. The number of hydrogen-bond acceptors (Lipinski definition) is 7. The van der Waals surface area contributed by atoms with Crippen molar-refractivity contribution in [2.75, 3.05) is 12.3 Å². The van der Waals surface area contributed by atoms with Crippen LogP contribution in [0.1, 0.15) is 12.6 Å². The molecule has 1 fully saturated rings. The number of nitrogen functional groups attached to an aromatic ring is 1. The van der Waals surface area contributed by atoms with Crippen LogP contribution in [0.4, 0.5) is 5.95 Å². The van der Waals surface area contributed by atoms with E-state index in [0.717, 1.165) is 0 Å². The fourth-order valence-corrected chi connectivity index (χ4v) is 4.91. The molecule has 3 atom stereocenters. The molecule has 3 heterocycles. The van der Waals surface area contributed by atoms with Gasteiger partial charge < -0.3 is 19.3 Å². The van der Waals surface area contributed by atoms with Gasteiger partial charge in [-0.15, -0.1) is 0 Å². The zero-order chi connectivity index (χ0) is 20.0. The highest BCUT2D eigenvalue weighted by Crippen LogP contribution is 2.34. The lowest BCUT2D eigenvalue weighted by Crippen LogP contribution is -2.40. The largest absolute Gasteiger partial charge is 0.415 e. The van der Waals surface area contributed by atoms with Crippen LogP contribution in [0.25, 0.3) is 11.2 Å². The summed E-state index contributed by atoms with van der Waals surface area (Å²) >= 11 is 0. The summed E-state index contributed by atoms with van der Waals surface area (Å²) in [7, 11) is -3.44. The number of ether oxygens (including phenoxy) is 1. The Hall–Kier alpha value is -1.54. The van der Waals surface area contributed by atoms with Gasteiger partial charge in [-0.2, -0.15) is 4.98 Å². The second kappa shape index (κ2) is 7.13. The zero-order valence-electron chi connectivity index (χ0n) is 16.8. The van der Waals surface area contributed by atoms with Crippen molar-refractivity contribution in [2.24, 2.45) is 0 Å². The molecular weight excluding hydrogens is 382 g/mol. The molecule has 3 N–H and O–H groups in total. The molecule has 1 aliphatic heterocycles. The normalized spacial score (nSPS) is 24.0. The molecular formula is C16H29N5O4Si2. The third kappa shape index (κ3) is 4.85. The minimum Gasteiger partial charge on any atom is -0.415 e. The van der Waals surface area contributed by atoms with Crippen LogP contribution in [0.5, 0.6) is 0 Å². The predicted molar refractivity (Wildman–Crippen MR) is 109 cm³/mol. The smallest absolute Gasteiger partial charge is 0.280 e. The van der Waals surface area contributed by atoms with Crippen LogP contribution in [-0.4, -0.2) is 55.0 Å². The Bertz CT molecular complexity index is 870. The van der Waals surface area contributed by atoms with Gasteiger partial charge in [-0.3, -0.25) is 14.3 Å². The van der Waals surface area contributed by atoms with Gasteiger partial charge in [0, 0.05) is 6.42 Å². The minimum atomic E-state index is -1.76. The van der Waals surface area contributed by atoms with Gasteiger partial charge in [0.05, 0.1) is 19.0 Å². The second-order valence-electron chi connectivity index (χ2n) is 8.83. The molecule has 1 aliphatic rings. The van der Waals surface area contributed by atoms with Crippen LogP contribution >= 0.6 is 0 Å². The summed E-state index contributed by atoms with van der Waals surface area (Å²) in [4.78, 5) is 22.9. The average molecular weight is 412 g/mol. The number of aromatic amines is 1. The monoisotopic (exact) mass is 411 g/mol. The van der Waals surface area contributed by atoms with E-state index in [9.17, 15) is 4.79 Å². The van der Waals surface area contributed by atoms with Gasteiger partial charge in [-0.1, -0.05) is 0 Å². The van der Waals surface area contributed by atoms with Crippen molar-refractivity contribution in [3.63, 3.8) is 0 Å². The molecule has 27 heavy (non-hydrogen) atoms. The fraction of sp³-hybridized carbons (Fsp3) is 0.688. The van der Waals surface area contributed by atoms with E-state index >= 15 is 0 Å². The molecule has 11 heteroatoms. The van der Waals surface area contributed by atoms with E-state index in [1.54, 1.807) is 10.9 Å². The van der Waals surface area contributed by atoms with E-state index in [4.69, 9.17) is 19.3 Å². The van der Waals surface area contributed by atoms with E-state index in [0.29, 0.717) is 18.7 Å². The van der Waals surface area contributed by atoms with Gasteiger partial charge in [0.1, 0.15) is 12.3 Å². The lowest BCUT2D eigenvalue weighted by molar-refractivity contribution is -0.0367. The van der Waals surface area contributed by atoms with Crippen molar-refractivity contribution in [1.29, 1.82) is 0 Å². The van der Waals surface area contributed by atoms with Crippen molar-refractivity contribution >= 4 is 33.7 Å². The maximum absolute atomic E-state index is 12.0. The number of imidazole rings is 1. The second-order valence-corrected chi connectivity index (χ2v) is 17.8. The molecule has 0 bridgehead atoms. The topological polar surface area (TPSA) is 117 Å². The summed E-state index contributed by atoms with van der Waals surface area (Å²) in [5, 5.41) is 0. The molecule has 0 radical (unpaired) electrons. The predicted octanol–water partition coefficient (Wildman–Crippen LogP) is 2.06. The first-order valence-corrected chi connectivity index (χ1v) is 15.9. The van der Waals surface area contributed by atoms with Crippen molar-refractivity contribution in [1.82, 2.24) is 19.5 Å². The Morgan fingerprint density at radius 1 is 1.30 bits per heavy atom. The molecule has 0 aromatic carbocycles. The Balaban J connectivity index is 1.87. The summed E-state index contributed by atoms with van der Waals surface area (Å²) < 4.78 is 20.5. The minimum absolute atomic E-state index is 0.0563. The van der Waals surface area contributed by atoms with Crippen LogP contribution in [0.2, 0.25) is 39.3 Å². The third-order valence-electron chi connectivity index (χ3n) is 4.13. The van der Waals surface area contributed by atoms with Gasteiger partial charge >= 0.3 is 0 Å². The van der Waals surface area contributed by atoms with Crippen molar-refractivity contribution in [2.45, 2.75) is 64.1 Å².